The quantitative estimate of drug-likeness (QED) is 0.515. The van der Waals surface area contributed by atoms with Crippen molar-refractivity contribution in [2.75, 3.05) is 60.5 Å². The van der Waals surface area contributed by atoms with E-state index in [0.717, 1.165) is 32.6 Å². The fourth-order valence-corrected chi connectivity index (χ4v) is 1.78. The van der Waals surface area contributed by atoms with Crippen molar-refractivity contribution in [1.82, 2.24) is 14.7 Å². The van der Waals surface area contributed by atoms with Crippen molar-refractivity contribution in [3.63, 3.8) is 0 Å². The van der Waals surface area contributed by atoms with Crippen LogP contribution in [0.25, 0.3) is 0 Å². The molecule has 140 valence electrons. The Morgan fingerprint density at radius 1 is 1.00 bits per heavy atom. The lowest BCUT2D eigenvalue weighted by atomic mass is 10.3. The normalized spacial score (nSPS) is 10.9. The molecule has 0 N–H and O–H groups in total. The summed E-state index contributed by atoms with van der Waals surface area (Å²) in [6, 6.07) is 0.530. The van der Waals surface area contributed by atoms with Gasteiger partial charge in [-0.2, -0.15) is 0 Å². The molecule has 0 rings (SSSR count). The molecule has 23 heavy (non-hydrogen) atoms. The highest BCUT2D eigenvalue weighted by Gasteiger charge is 2.09. The molecule has 1 amide bonds. The summed E-state index contributed by atoms with van der Waals surface area (Å²) >= 11 is 0. The number of rotatable bonds is 12. The molecule has 0 saturated carbocycles. The Labute approximate surface area is 145 Å². The molecule has 0 aliphatic rings. The summed E-state index contributed by atoms with van der Waals surface area (Å²) < 4.78 is 5.54. The van der Waals surface area contributed by atoms with E-state index in [1.807, 2.05) is 25.8 Å². The SMILES string of the molecule is CC.CCN(C)CCCN(C)C(=O)CCOCCN(C)C(C)C. The van der Waals surface area contributed by atoms with Crippen molar-refractivity contribution >= 4 is 5.91 Å². The molecular formula is C18H41N3O2. The average molecular weight is 332 g/mol. The van der Waals surface area contributed by atoms with E-state index >= 15 is 0 Å². The van der Waals surface area contributed by atoms with Crippen molar-refractivity contribution in [3.8, 4) is 0 Å². The van der Waals surface area contributed by atoms with Gasteiger partial charge in [-0.15, -0.1) is 0 Å². The van der Waals surface area contributed by atoms with Gasteiger partial charge >= 0.3 is 0 Å². The molecule has 5 nitrogen and oxygen atoms in total. The second-order valence-corrected chi connectivity index (χ2v) is 6.00. The summed E-state index contributed by atoms with van der Waals surface area (Å²) in [6.07, 6.45) is 1.50. The Bertz CT molecular complexity index is 273. The lowest BCUT2D eigenvalue weighted by molar-refractivity contribution is -0.131. The van der Waals surface area contributed by atoms with Crippen molar-refractivity contribution in [2.45, 2.75) is 53.5 Å². The monoisotopic (exact) mass is 331 g/mol. The Hall–Kier alpha value is -0.650. The topological polar surface area (TPSA) is 36.0 Å². The Kier molecular flexibility index (Phi) is 17.3. The van der Waals surface area contributed by atoms with Gasteiger partial charge in [-0.1, -0.05) is 20.8 Å². The minimum absolute atomic E-state index is 0.173. The van der Waals surface area contributed by atoms with Crippen LogP contribution in [0.15, 0.2) is 0 Å². The highest BCUT2D eigenvalue weighted by atomic mass is 16.5. The van der Waals surface area contributed by atoms with Gasteiger partial charge in [0.25, 0.3) is 0 Å². The highest BCUT2D eigenvalue weighted by molar-refractivity contribution is 5.75. The number of carbonyl (C=O) groups excluding carboxylic acids is 1. The first-order valence-corrected chi connectivity index (χ1v) is 9.09. The molecule has 0 aromatic heterocycles. The molecule has 5 heteroatoms. The molecule has 0 radical (unpaired) electrons. The Balaban J connectivity index is 0. The van der Waals surface area contributed by atoms with Gasteiger partial charge in [0.2, 0.25) is 5.91 Å². The summed E-state index contributed by atoms with van der Waals surface area (Å²) in [5.74, 6) is 0.173. The molecule has 0 atom stereocenters. The smallest absolute Gasteiger partial charge is 0.224 e. The minimum Gasteiger partial charge on any atom is -0.380 e. The zero-order valence-electron chi connectivity index (χ0n) is 16.9. The second kappa shape index (κ2) is 16.2. The van der Waals surface area contributed by atoms with Crippen LogP contribution in [0.5, 0.6) is 0 Å². The molecule has 0 aliphatic carbocycles. The summed E-state index contributed by atoms with van der Waals surface area (Å²) in [4.78, 5) is 18.2. The first-order chi connectivity index (χ1) is 10.9. The van der Waals surface area contributed by atoms with E-state index in [2.05, 4.69) is 44.7 Å². The van der Waals surface area contributed by atoms with Crippen molar-refractivity contribution in [1.29, 1.82) is 0 Å². The van der Waals surface area contributed by atoms with E-state index in [9.17, 15) is 4.79 Å². The number of nitrogens with zero attached hydrogens (tertiary/aromatic N) is 3. The van der Waals surface area contributed by atoms with Crippen LogP contribution in [-0.2, 0) is 9.53 Å². The molecule has 0 unspecified atom stereocenters. The predicted octanol–water partition coefficient (Wildman–Crippen LogP) is 2.56. The summed E-state index contributed by atoms with van der Waals surface area (Å²) in [5.41, 5.74) is 0. The van der Waals surface area contributed by atoms with E-state index in [4.69, 9.17) is 4.74 Å². The maximum atomic E-state index is 11.9. The van der Waals surface area contributed by atoms with Crippen LogP contribution < -0.4 is 0 Å². The molecule has 0 heterocycles. The standard InChI is InChI=1S/C16H35N3O2.C2H6/c1-7-17(4)10-8-11-19(6)16(20)9-13-21-14-12-18(5)15(2)3;1-2/h15H,7-14H2,1-6H3;1-2H3. The van der Waals surface area contributed by atoms with Gasteiger partial charge in [-0.3, -0.25) is 4.79 Å². The largest absolute Gasteiger partial charge is 0.380 e. The first kappa shape index (κ1) is 24.6. The van der Waals surface area contributed by atoms with Crippen LogP contribution in [0.4, 0.5) is 0 Å². The molecule has 0 fully saturated rings. The summed E-state index contributed by atoms with van der Waals surface area (Å²) in [7, 11) is 6.06. The van der Waals surface area contributed by atoms with Crippen molar-refractivity contribution < 1.29 is 9.53 Å². The molecule has 0 saturated heterocycles. The zero-order valence-corrected chi connectivity index (χ0v) is 16.9. The van der Waals surface area contributed by atoms with Crippen LogP contribution in [0.1, 0.15) is 47.5 Å². The Morgan fingerprint density at radius 3 is 2.13 bits per heavy atom. The molecule has 0 aromatic carbocycles. The van der Waals surface area contributed by atoms with Crippen molar-refractivity contribution in [3.05, 3.63) is 0 Å². The zero-order chi connectivity index (χ0) is 18.3. The van der Waals surface area contributed by atoms with E-state index in [-0.39, 0.29) is 5.91 Å². The van der Waals surface area contributed by atoms with Crippen molar-refractivity contribution in [2.24, 2.45) is 0 Å². The number of hydrogen-bond acceptors (Lipinski definition) is 4. The van der Waals surface area contributed by atoms with Gasteiger partial charge in [0.1, 0.15) is 0 Å². The van der Waals surface area contributed by atoms with E-state index in [1.54, 1.807) is 0 Å². The van der Waals surface area contributed by atoms with Gasteiger partial charge in [0.05, 0.1) is 19.6 Å². The molecule has 0 bridgehead atoms. The Morgan fingerprint density at radius 2 is 1.61 bits per heavy atom. The third-order valence-corrected chi connectivity index (χ3v) is 3.93. The average Bonchev–Trinajstić information content (AvgIpc) is 2.55. The summed E-state index contributed by atoms with van der Waals surface area (Å²) in [6.45, 7) is 15.5. The number of likely N-dealkylation sites (N-methyl/N-ethyl adjacent to an activating group) is 1. The molecule has 0 aliphatic heterocycles. The number of hydrogen-bond donors (Lipinski definition) is 0. The maximum absolute atomic E-state index is 11.9. The molecular weight excluding hydrogens is 290 g/mol. The van der Waals surface area contributed by atoms with Gasteiger partial charge in [0.15, 0.2) is 0 Å². The lowest BCUT2D eigenvalue weighted by Crippen LogP contribution is -2.32. The second-order valence-electron chi connectivity index (χ2n) is 6.00. The maximum Gasteiger partial charge on any atom is 0.224 e. The van der Waals surface area contributed by atoms with Gasteiger partial charge in [0, 0.05) is 26.2 Å². The van der Waals surface area contributed by atoms with Crippen LogP contribution in [-0.4, -0.2) is 87.2 Å². The van der Waals surface area contributed by atoms with E-state index in [0.29, 0.717) is 25.7 Å². The molecule has 0 aromatic rings. The van der Waals surface area contributed by atoms with E-state index in [1.165, 1.54) is 0 Å². The van der Waals surface area contributed by atoms with Gasteiger partial charge in [-0.25, -0.2) is 0 Å². The fraction of sp³-hybridized carbons (Fsp3) is 0.944. The number of amides is 1. The molecule has 0 spiro atoms. The van der Waals surface area contributed by atoms with Crippen LogP contribution in [0.3, 0.4) is 0 Å². The van der Waals surface area contributed by atoms with E-state index < -0.39 is 0 Å². The van der Waals surface area contributed by atoms with Gasteiger partial charge in [-0.05, 0) is 47.5 Å². The number of ether oxygens (including phenoxy) is 1. The predicted molar refractivity (Wildman–Crippen MR) is 100.0 cm³/mol. The third-order valence-electron chi connectivity index (χ3n) is 3.93. The highest BCUT2D eigenvalue weighted by Crippen LogP contribution is 1.97. The van der Waals surface area contributed by atoms with Crippen LogP contribution in [0, 0.1) is 0 Å². The third kappa shape index (κ3) is 14.7. The van der Waals surface area contributed by atoms with Crippen LogP contribution >= 0.6 is 0 Å². The van der Waals surface area contributed by atoms with Gasteiger partial charge < -0.3 is 19.4 Å². The minimum atomic E-state index is 0.173. The van der Waals surface area contributed by atoms with Crippen LogP contribution in [0.2, 0.25) is 0 Å². The number of carbonyl (C=O) groups is 1. The lowest BCUT2D eigenvalue weighted by Gasteiger charge is -2.21. The summed E-state index contributed by atoms with van der Waals surface area (Å²) in [5, 5.41) is 0. The fourth-order valence-electron chi connectivity index (χ4n) is 1.78. The first-order valence-electron chi connectivity index (χ1n) is 9.09.